The van der Waals surface area contributed by atoms with Crippen molar-refractivity contribution < 1.29 is 9.47 Å². The third-order valence-electron chi connectivity index (χ3n) is 5.72. The second kappa shape index (κ2) is 7.95. The molecule has 5 heterocycles. The molecule has 3 aromatic rings. The van der Waals surface area contributed by atoms with Gasteiger partial charge in [0.25, 0.3) is 0 Å². The molecule has 30 heavy (non-hydrogen) atoms. The van der Waals surface area contributed by atoms with E-state index in [1.165, 1.54) is 11.5 Å². The van der Waals surface area contributed by atoms with E-state index in [4.69, 9.17) is 23.9 Å². The lowest BCUT2D eigenvalue weighted by Gasteiger charge is -2.34. The lowest BCUT2D eigenvalue weighted by Crippen LogP contribution is -2.44. The number of anilines is 1. The molecule has 1 unspecified atom stereocenters. The Labute approximate surface area is 179 Å². The van der Waals surface area contributed by atoms with Crippen LogP contribution in [-0.4, -0.2) is 51.5 Å². The van der Waals surface area contributed by atoms with Crippen molar-refractivity contribution in [2.45, 2.75) is 45.4 Å². The van der Waals surface area contributed by atoms with Crippen LogP contribution in [0, 0.1) is 18.3 Å². The first-order valence-corrected chi connectivity index (χ1v) is 11.2. The second-order valence-electron chi connectivity index (χ2n) is 7.90. The van der Waals surface area contributed by atoms with Crippen LogP contribution in [0.4, 0.5) is 5.82 Å². The fourth-order valence-corrected chi connectivity index (χ4v) is 5.00. The molecule has 0 aromatic carbocycles. The van der Waals surface area contributed by atoms with Gasteiger partial charge in [-0.3, -0.25) is 0 Å². The minimum absolute atomic E-state index is 0.0860. The zero-order valence-electron chi connectivity index (χ0n) is 17.2. The van der Waals surface area contributed by atoms with Crippen LogP contribution < -0.4 is 4.90 Å². The Hall–Kier alpha value is -2.54. The summed E-state index contributed by atoms with van der Waals surface area (Å²) >= 11 is 1.32. The maximum absolute atomic E-state index is 9.79. The van der Waals surface area contributed by atoms with E-state index in [2.05, 4.69) is 17.9 Å². The molecule has 2 atom stereocenters. The van der Waals surface area contributed by atoms with E-state index < -0.39 is 0 Å². The van der Waals surface area contributed by atoms with E-state index in [0.717, 1.165) is 65.5 Å². The Morgan fingerprint density at radius 2 is 2.17 bits per heavy atom. The summed E-state index contributed by atoms with van der Waals surface area (Å²) in [5.41, 5.74) is 3.94. The minimum atomic E-state index is -0.0860. The van der Waals surface area contributed by atoms with Gasteiger partial charge in [-0.1, -0.05) is 0 Å². The molecule has 5 rings (SSSR count). The fraction of sp³-hybridized carbons (Fsp3) is 0.524. The number of nitriles is 1. The van der Waals surface area contributed by atoms with E-state index in [9.17, 15) is 5.26 Å². The van der Waals surface area contributed by atoms with Crippen molar-refractivity contribution in [1.82, 2.24) is 19.1 Å². The summed E-state index contributed by atoms with van der Waals surface area (Å²) in [6.07, 6.45) is 3.05. The highest BCUT2D eigenvalue weighted by atomic mass is 32.1. The lowest BCUT2D eigenvalue weighted by atomic mass is 10.1. The molecular weight excluding hydrogens is 400 g/mol. The highest BCUT2D eigenvalue weighted by Gasteiger charge is 2.26. The first-order valence-electron chi connectivity index (χ1n) is 10.4. The summed E-state index contributed by atoms with van der Waals surface area (Å²) in [5, 5.41) is 14.5. The third kappa shape index (κ3) is 3.35. The van der Waals surface area contributed by atoms with Crippen LogP contribution in [0.3, 0.4) is 0 Å². The summed E-state index contributed by atoms with van der Waals surface area (Å²) in [5.74, 6) is 0.799. The number of ether oxygens (including phenoxy) is 2. The number of aryl methyl sites for hydroxylation is 1. The molecule has 0 N–H and O–H groups in total. The molecule has 9 heteroatoms. The molecule has 8 nitrogen and oxygen atoms in total. The van der Waals surface area contributed by atoms with Crippen molar-refractivity contribution in [3.05, 3.63) is 23.4 Å². The second-order valence-corrected chi connectivity index (χ2v) is 8.68. The van der Waals surface area contributed by atoms with E-state index in [1.54, 1.807) is 0 Å². The summed E-state index contributed by atoms with van der Waals surface area (Å²) < 4.78 is 19.0. The predicted molar refractivity (Wildman–Crippen MR) is 115 cm³/mol. The summed E-state index contributed by atoms with van der Waals surface area (Å²) in [6.45, 7) is 6.91. The van der Waals surface area contributed by atoms with Crippen molar-refractivity contribution in [3.8, 4) is 17.5 Å². The van der Waals surface area contributed by atoms with Crippen LogP contribution in [-0.2, 0) is 9.47 Å². The smallest absolute Gasteiger partial charge is 0.150 e. The van der Waals surface area contributed by atoms with Crippen molar-refractivity contribution in [2.24, 2.45) is 0 Å². The molecule has 2 saturated heterocycles. The number of fused-ring (bicyclic) bond motifs is 1. The molecule has 0 aliphatic carbocycles. The van der Waals surface area contributed by atoms with Gasteiger partial charge in [-0.15, -0.1) is 0 Å². The first kappa shape index (κ1) is 19.4. The molecule has 156 valence electrons. The molecule has 0 radical (unpaired) electrons. The van der Waals surface area contributed by atoms with Gasteiger partial charge >= 0.3 is 0 Å². The van der Waals surface area contributed by atoms with Gasteiger partial charge in [0.1, 0.15) is 23.1 Å². The van der Waals surface area contributed by atoms with Crippen molar-refractivity contribution in [1.29, 1.82) is 5.26 Å². The molecule has 0 saturated carbocycles. The first-order chi connectivity index (χ1) is 14.7. The van der Waals surface area contributed by atoms with Crippen molar-refractivity contribution in [3.63, 3.8) is 0 Å². The summed E-state index contributed by atoms with van der Waals surface area (Å²) in [4.78, 5) is 7.18. The monoisotopic (exact) mass is 424 g/mol. The molecule has 0 bridgehead atoms. The molecule has 2 aliphatic rings. The highest BCUT2D eigenvalue weighted by molar-refractivity contribution is 7.14. The van der Waals surface area contributed by atoms with Gasteiger partial charge < -0.3 is 14.4 Å². The standard InChI is InChI=1S/C21H24N6O2S/c1-13-9-16(27(24-13)18-5-3-4-7-29-18)19-20-21(30-25-19)15(11-22)10-17(23-20)26-6-8-28-12-14(26)2/h9-10,14,18H,3-8,12H2,1-2H3/t14-,18?/m1/s1. The molecule has 0 amide bonds. The van der Waals surface area contributed by atoms with Gasteiger partial charge in [0, 0.05) is 19.2 Å². The maximum Gasteiger partial charge on any atom is 0.150 e. The van der Waals surface area contributed by atoms with Crippen LogP contribution in [0.1, 0.15) is 43.7 Å². The van der Waals surface area contributed by atoms with Gasteiger partial charge in [0.15, 0.2) is 6.23 Å². The van der Waals surface area contributed by atoms with Crippen molar-refractivity contribution in [2.75, 3.05) is 31.3 Å². The number of rotatable bonds is 3. The molecule has 2 fully saturated rings. The zero-order valence-corrected chi connectivity index (χ0v) is 18.0. The molecule has 0 spiro atoms. The van der Waals surface area contributed by atoms with Gasteiger partial charge in [-0.05, 0) is 50.7 Å². The normalized spacial score (nSPS) is 22.4. The fourth-order valence-electron chi connectivity index (χ4n) is 4.20. The Kier molecular flexibility index (Phi) is 5.15. The quantitative estimate of drug-likeness (QED) is 0.634. The van der Waals surface area contributed by atoms with E-state index in [-0.39, 0.29) is 12.3 Å². The van der Waals surface area contributed by atoms with Gasteiger partial charge in [-0.25, -0.2) is 9.67 Å². The van der Waals surface area contributed by atoms with Gasteiger partial charge in [0.05, 0.1) is 40.9 Å². The number of aromatic nitrogens is 4. The minimum Gasteiger partial charge on any atom is -0.377 e. The average molecular weight is 425 g/mol. The van der Waals surface area contributed by atoms with Gasteiger partial charge in [-0.2, -0.15) is 14.7 Å². The molecular formula is C21H24N6O2S. The van der Waals surface area contributed by atoms with E-state index >= 15 is 0 Å². The Bertz CT molecular complexity index is 1110. The largest absolute Gasteiger partial charge is 0.377 e. The van der Waals surface area contributed by atoms with Crippen LogP contribution in [0.15, 0.2) is 12.1 Å². The average Bonchev–Trinajstić information content (AvgIpc) is 3.37. The topological polar surface area (TPSA) is 89.1 Å². The summed E-state index contributed by atoms with van der Waals surface area (Å²) in [6, 6.07) is 6.45. The number of nitrogens with zero attached hydrogens (tertiary/aromatic N) is 6. The SMILES string of the molecule is Cc1cc(-c2nsc3c(C#N)cc(N4CCOC[C@H]4C)nc23)n(C2CCCCO2)n1. The third-order valence-corrected chi connectivity index (χ3v) is 6.59. The Morgan fingerprint density at radius 1 is 1.27 bits per heavy atom. The van der Waals surface area contributed by atoms with Crippen molar-refractivity contribution >= 4 is 27.6 Å². The highest BCUT2D eigenvalue weighted by Crippen LogP contribution is 2.36. The number of morpholine rings is 1. The predicted octanol–water partition coefficient (Wildman–Crippen LogP) is 3.66. The Morgan fingerprint density at radius 3 is 2.93 bits per heavy atom. The number of pyridine rings is 1. The van der Waals surface area contributed by atoms with Crippen LogP contribution in [0.5, 0.6) is 0 Å². The number of hydrogen-bond donors (Lipinski definition) is 0. The van der Waals surface area contributed by atoms with Gasteiger partial charge in [0.2, 0.25) is 0 Å². The van der Waals surface area contributed by atoms with Crippen LogP contribution in [0.25, 0.3) is 21.6 Å². The van der Waals surface area contributed by atoms with E-state index in [1.807, 2.05) is 23.7 Å². The zero-order chi connectivity index (χ0) is 20.7. The maximum atomic E-state index is 9.79. The Balaban J connectivity index is 1.64. The lowest BCUT2D eigenvalue weighted by molar-refractivity contribution is -0.0385. The number of hydrogen-bond acceptors (Lipinski definition) is 8. The molecule has 3 aromatic heterocycles. The van der Waals surface area contributed by atoms with Crippen LogP contribution >= 0.6 is 11.5 Å². The summed E-state index contributed by atoms with van der Waals surface area (Å²) in [7, 11) is 0. The van der Waals surface area contributed by atoms with E-state index in [0.29, 0.717) is 18.8 Å². The van der Waals surface area contributed by atoms with Crippen LogP contribution in [0.2, 0.25) is 0 Å². The molecule has 2 aliphatic heterocycles.